The minimum absolute atomic E-state index is 0.0172. The van der Waals surface area contributed by atoms with E-state index in [-0.39, 0.29) is 23.8 Å². The van der Waals surface area contributed by atoms with Crippen molar-refractivity contribution in [2.24, 2.45) is 11.8 Å². The largest absolute Gasteiger partial charge is 0.373 e. The predicted molar refractivity (Wildman–Crippen MR) is 82.0 cm³/mol. The van der Waals surface area contributed by atoms with Gasteiger partial charge in [0.2, 0.25) is 11.8 Å². The quantitative estimate of drug-likeness (QED) is 0.913. The highest BCUT2D eigenvalue weighted by molar-refractivity contribution is 5.89. The maximum atomic E-state index is 12.2. The summed E-state index contributed by atoms with van der Waals surface area (Å²) in [6.07, 6.45) is 1.32. The van der Waals surface area contributed by atoms with Crippen molar-refractivity contribution in [3.05, 3.63) is 35.9 Å². The topological polar surface area (TPSA) is 58.6 Å². The number of likely N-dealkylation sites (tertiary alicyclic amines) is 1. The van der Waals surface area contributed by atoms with Crippen LogP contribution in [0.25, 0.3) is 0 Å². The lowest BCUT2D eigenvalue weighted by Crippen LogP contribution is -2.36. The zero-order valence-electron chi connectivity index (χ0n) is 12.8. The number of nitrogens with zero attached hydrogens (tertiary/aromatic N) is 1. The average molecular weight is 302 g/mol. The van der Waals surface area contributed by atoms with Gasteiger partial charge < -0.3 is 15.0 Å². The van der Waals surface area contributed by atoms with E-state index in [1.807, 2.05) is 18.2 Å². The molecule has 1 aromatic rings. The van der Waals surface area contributed by atoms with Crippen LogP contribution in [0, 0.1) is 11.8 Å². The van der Waals surface area contributed by atoms with Crippen molar-refractivity contribution in [2.75, 3.05) is 26.7 Å². The highest BCUT2D eigenvalue weighted by atomic mass is 16.5. The summed E-state index contributed by atoms with van der Waals surface area (Å²) in [4.78, 5) is 25.3. The van der Waals surface area contributed by atoms with Crippen LogP contribution in [0.4, 0.5) is 0 Å². The highest BCUT2D eigenvalue weighted by Gasteiger charge is 2.34. The van der Waals surface area contributed by atoms with Gasteiger partial charge in [-0.1, -0.05) is 30.3 Å². The van der Waals surface area contributed by atoms with Crippen LogP contribution < -0.4 is 5.32 Å². The Kier molecular flexibility index (Phi) is 4.43. The molecule has 1 N–H and O–H groups in total. The Morgan fingerprint density at radius 1 is 1.36 bits per heavy atom. The fourth-order valence-electron chi connectivity index (χ4n) is 3.27. The van der Waals surface area contributed by atoms with Gasteiger partial charge in [-0.15, -0.1) is 0 Å². The van der Waals surface area contributed by atoms with E-state index in [1.165, 1.54) is 0 Å². The number of carbonyl (C=O) groups excluding carboxylic acids is 2. The fraction of sp³-hybridized carbons (Fsp3) is 0.529. The molecule has 0 radical (unpaired) electrons. The van der Waals surface area contributed by atoms with Crippen LogP contribution in [0.3, 0.4) is 0 Å². The number of hydrogen-bond acceptors (Lipinski definition) is 3. The number of amides is 2. The minimum Gasteiger partial charge on any atom is -0.373 e. The van der Waals surface area contributed by atoms with Gasteiger partial charge in [0, 0.05) is 39.1 Å². The van der Waals surface area contributed by atoms with E-state index in [4.69, 9.17) is 4.74 Å². The Labute approximate surface area is 130 Å². The molecule has 3 atom stereocenters. The summed E-state index contributed by atoms with van der Waals surface area (Å²) in [6.45, 7) is 1.85. The second-order valence-corrected chi connectivity index (χ2v) is 6.17. The van der Waals surface area contributed by atoms with Crippen LogP contribution >= 0.6 is 0 Å². The molecule has 0 aromatic heterocycles. The molecule has 5 heteroatoms. The second kappa shape index (κ2) is 6.48. The van der Waals surface area contributed by atoms with Gasteiger partial charge >= 0.3 is 0 Å². The van der Waals surface area contributed by atoms with E-state index in [9.17, 15) is 9.59 Å². The molecule has 0 bridgehead atoms. The lowest BCUT2D eigenvalue weighted by Gasteiger charge is -2.20. The summed E-state index contributed by atoms with van der Waals surface area (Å²) < 4.78 is 5.83. The molecular weight excluding hydrogens is 280 g/mol. The first-order valence-electron chi connectivity index (χ1n) is 7.83. The molecule has 118 valence electrons. The minimum atomic E-state index is -0.213. The van der Waals surface area contributed by atoms with Crippen LogP contribution in [0.5, 0.6) is 0 Å². The standard InChI is InChI=1S/C17H22N2O3/c1-19-11-14(9-15(19)20)17(21)18-10-13-7-8-22-16(13)12-5-3-2-4-6-12/h2-6,13-14,16H,7-11H2,1H3,(H,18,21)/t13-,14+,16-/m0/s1. The molecule has 5 nitrogen and oxygen atoms in total. The SMILES string of the molecule is CN1C[C@H](C(=O)NC[C@@H]2CCO[C@H]2c2ccccc2)CC1=O. The first-order chi connectivity index (χ1) is 10.6. The molecule has 2 aliphatic heterocycles. The van der Waals surface area contributed by atoms with Crippen molar-refractivity contribution >= 4 is 11.8 Å². The summed E-state index contributed by atoms with van der Waals surface area (Å²) in [6, 6.07) is 10.1. The first-order valence-corrected chi connectivity index (χ1v) is 7.83. The lowest BCUT2D eigenvalue weighted by atomic mass is 9.95. The van der Waals surface area contributed by atoms with Gasteiger partial charge in [-0.3, -0.25) is 9.59 Å². The first kappa shape index (κ1) is 15.0. The second-order valence-electron chi connectivity index (χ2n) is 6.17. The van der Waals surface area contributed by atoms with Crippen LogP contribution in [0.2, 0.25) is 0 Å². The molecule has 0 saturated carbocycles. The molecule has 2 heterocycles. The van der Waals surface area contributed by atoms with Gasteiger partial charge in [-0.05, 0) is 12.0 Å². The molecular formula is C17H22N2O3. The van der Waals surface area contributed by atoms with Gasteiger partial charge in [-0.2, -0.15) is 0 Å². The summed E-state index contributed by atoms with van der Waals surface area (Å²) in [5.74, 6) is 0.110. The van der Waals surface area contributed by atoms with Crippen LogP contribution in [0.15, 0.2) is 30.3 Å². The summed E-state index contributed by atoms with van der Waals surface area (Å²) in [5, 5.41) is 3.01. The van der Waals surface area contributed by atoms with E-state index in [0.29, 0.717) is 25.4 Å². The summed E-state index contributed by atoms with van der Waals surface area (Å²) in [7, 11) is 1.74. The van der Waals surface area contributed by atoms with E-state index >= 15 is 0 Å². The Balaban J connectivity index is 1.55. The Bertz CT molecular complexity index is 546. The van der Waals surface area contributed by atoms with Crippen molar-refractivity contribution in [3.8, 4) is 0 Å². The third kappa shape index (κ3) is 3.14. The highest BCUT2D eigenvalue weighted by Crippen LogP contribution is 2.34. The summed E-state index contributed by atoms with van der Waals surface area (Å²) in [5.41, 5.74) is 1.16. The summed E-state index contributed by atoms with van der Waals surface area (Å²) >= 11 is 0. The molecule has 2 amide bonds. The number of carbonyl (C=O) groups is 2. The molecule has 2 fully saturated rings. The number of nitrogens with one attached hydrogen (secondary N) is 1. The third-order valence-corrected chi connectivity index (χ3v) is 4.59. The monoisotopic (exact) mass is 302 g/mol. The van der Waals surface area contributed by atoms with Crippen molar-refractivity contribution in [1.29, 1.82) is 0 Å². The van der Waals surface area contributed by atoms with Crippen molar-refractivity contribution in [2.45, 2.75) is 18.9 Å². The molecule has 2 aliphatic rings. The number of rotatable bonds is 4. The molecule has 0 unspecified atom stereocenters. The fourth-order valence-corrected chi connectivity index (χ4v) is 3.27. The normalized spacial score (nSPS) is 28.1. The van der Waals surface area contributed by atoms with E-state index in [1.54, 1.807) is 11.9 Å². The average Bonchev–Trinajstić information content (AvgIpc) is 3.13. The van der Waals surface area contributed by atoms with Gasteiger partial charge in [0.25, 0.3) is 0 Å². The molecule has 3 rings (SSSR count). The lowest BCUT2D eigenvalue weighted by molar-refractivity contribution is -0.128. The Hall–Kier alpha value is -1.88. The zero-order valence-corrected chi connectivity index (χ0v) is 12.8. The van der Waals surface area contributed by atoms with Gasteiger partial charge in [0.1, 0.15) is 0 Å². The van der Waals surface area contributed by atoms with Crippen LogP contribution in [0.1, 0.15) is 24.5 Å². The van der Waals surface area contributed by atoms with Crippen molar-refractivity contribution < 1.29 is 14.3 Å². The molecule has 1 aromatic carbocycles. The van der Waals surface area contributed by atoms with E-state index in [0.717, 1.165) is 18.6 Å². The Morgan fingerprint density at radius 2 is 2.14 bits per heavy atom. The third-order valence-electron chi connectivity index (χ3n) is 4.59. The number of benzene rings is 1. The van der Waals surface area contributed by atoms with E-state index in [2.05, 4.69) is 17.4 Å². The molecule has 0 spiro atoms. The van der Waals surface area contributed by atoms with Gasteiger partial charge in [0.15, 0.2) is 0 Å². The van der Waals surface area contributed by atoms with E-state index < -0.39 is 0 Å². The van der Waals surface area contributed by atoms with Crippen LogP contribution in [-0.4, -0.2) is 43.5 Å². The van der Waals surface area contributed by atoms with Crippen molar-refractivity contribution in [3.63, 3.8) is 0 Å². The van der Waals surface area contributed by atoms with Crippen molar-refractivity contribution in [1.82, 2.24) is 10.2 Å². The maximum absolute atomic E-state index is 12.2. The molecule has 0 aliphatic carbocycles. The Morgan fingerprint density at radius 3 is 2.82 bits per heavy atom. The number of ether oxygens (including phenoxy) is 1. The zero-order chi connectivity index (χ0) is 15.5. The van der Waals surface area contributed by atoms with Gasteiger partial charge in [0.05, 0.1) is 12.0 Å². The smallest absolute Gasteiger partial charge is 0.225 e. The maximum Gasteiger partial charge on any atom is 0.225 e. The van der Waals surface area contributed by atoms with Crippen LogP contribution in [-0.2, 0) is 14.3 Å². The van der Waals surface area contributed by atoms with Gasteiger partial charge in [-0.25, -0.2) is 0 Å². The predicted octanol–water partition coefficient (Wildman–Crippen LogP) is 1.36. The molecule has 22 heavy (non-hydrogen) atoms. The molecule has 2 saturated heterocycles. The number of hydrogen-bond donors (Lipinski definition) is 1.